The van der Waals surface area contributed by atoms with Crippen molar-refractivity contribution in [1.29, 1.82) is 0 Å². The molecule has 3 N–H and O–H groups in total. The highest BCUT2D eigenvalue weighted by atomic mass is 16.1. The third-order valence-corrected chi connectivity index (χ3v) is 3.22. The summed E-state index contributed by atoms with van der Waals surface area (Å²) in [5, 5.41) is 7.07. The molecule has 5 heteroatoms. The second kappa shape index (κ2) is 7.94. The molecule has 0 bridgehead atoms. The Morgan fingerprint density at radius 2 is 2.21 bits per heavy atom. The molecule has 0 fully saturated rings. The SMILES string of the molecule is CC(N)CCCC(C)C(=O)NCCc1cnn(C)c1. The summed E-state index contributed by atoms with van der Waals surface area (Å²) in [5.41, 5.74) is 6.84. The maximum absolute atomic E-state index is 11.9. The molecule has 1 heterocycles. The normalized spacial score (nSPS) is 14.1. The van der Waals surface area contributed by atoms with Crippen molar-refractivity contribution in [2.24, 2.45) is 18.7 Å². The molecular formula is C14H26N4O. The van der Waals surface area contributed by atoms with E-state index in [-0.39, 0.29) is 17.9 Å². The summed E-state index contributed by atoms with van der Waals surface area (Å²) in [7, 11) is 1.89. The van der Waals surface area contributed by atoms with E-state index in [1.165, 1.54) is 0 Å². The van der Waals surface area contributed by atoms with Crippen LogP contribution in [0.25, 0.3) is 0 Å². The molecule has 0 radical (unpaired) electrons. The molecule has 2 unspecified atom stereocenters. The third-order valence-electron chi connectivity index (χ3n) is 3.22. The Balaban J connectivity index is 2.16. The van der Waals surface area contributed by atoms with Gasteiger partial charge in [-0.3, -0.25) is 9.48 Å². The molecule has 5 nitrogen and oxygen atoms in total. The minimum absolute atomic E-state index is 0.0626. The van der Waals surface area contributed by atoms with Crippen molar-refractivity contribution >= 4 is 5.91 Å². The predicted octanol–water partition coefficient (Wildman–Crippen LogP) is 1.23. The second-order valence-electron chi connectivity index (χ2n) is 5.37. The van der Waals surface area contributed by atoms with Crippen LogP contribution in [0.1, 0.15) is 38.7 Å². The highest BCUT2D eigenvalue weighted by Gasteiger charge is 2.12. The van der Waals surface area contributed by atoms with Gasteiger partial charge in [-0.05, 0) is 31.7 Å². The zero-order chi connectivity index (χ0) is 14.3. The first-order valence-electron chi connectivity index (χ1n) is 7.00. The van der Waals surface area contributed by atoms with Crippen molar-refractivity contribution in [3.63, 3.8) is 0 Å². The zero-order valence-corrected chi connectivity index (χ0v) is 12.2. The number of nitrogens with one attached hydrogen (secondary N) is 1. The molecule has 0 spiro atoms. The predicted molar refractivity (Wildman–Crippen MR) is 76.6 cm³/mol. The zero-order valence-electron chi connectivity index (χ0n) is 12.2. The number of nitrogens with two attached hydrogens (primary N) is 1. The smallest absolute Gasteiger partial charge is 0.222 e. The number of hydrogen-bond acceptors (Lipinski definition) is 3. The Hall–Kier alpha value is -1.36. The van der Waals surface area contributed by atoms with Crippen LogP contribution < -0.4 is 11.1 Å². The van der Waals surface area contributed by atoms with E-state index in [0.29, 0.717) is 6.54 Å². The van der Waals surface area contributed by atoms with Crippen molar-refractivity contribution < 1.29 is 4.79 Å². The molecule has 0 aliphatic rings. The third kappa shape index (κ3) is 6.38. The van der Waals surface area contributed by atoms with Gasteiger partial charge < -0.3 is 11.1 Å². The molecule has 2 atom stereocenters. The topological polar surface area (TPSA) is 72.9 Å². The van der Waals surface area contributed by atoms with Gasteiger partial charge in [0.1, 0.15) is 0 Å². The first-order chi connectivity index (χ1) is 8.99. The van der Waals surface area contributed by atoms with E-state index >= 15 is 0 Å². The van der Waals surface area contributed by atoms with Crippen LogP contribution in [-0.4, -0.2) is 28.3 Å². The van der Waals surface area contributed by atoms with Crippen LogP contribution in [0, 0.1) is 5.92 Å². The lowest BCUT2D eigenvalue weighted by molar-refractivity contribution is -0.124. The van der Waals surface area contributed by atoms with Crippen molar-refractivity contribution in [1.82, 2.24) is 15.1 Å². The largest absolute Gasteiger partial charge is 0.356 e. The Morgan fingerprint density at radius 3 is 2.79 bits per heavy atom. The maximum atomic E-state index is 11.9. The molecule has 0 aliphatic carbocycles. The lowest BCUT2D eigenvalue weighted by Crippen LogP contribution is -2.31. The van der Waals surface area contributed by atoms with Crippen LogP contribution in [0.4, 0.5) is 0 Å². The molecule has 0 saturated heterocycles. The number of hydrogen-bond donors (Lipinski definition) is 2. The van der Waals surface area contributed by atoms with Gasteiger partial charge in [0.05, 0.1) is 6.20 Å². The average Bonchev–Trinajstić information content (AvgIpc) is 2.74. The average molecular weight is 266 g/mol. The Morgan fingerprint density at radius 1 is 1.47 bits per heavy atom. The van der Waals surface area contributed by atoms with E-state index in [0.717, 1.165) is 31.2 Å². The summed E-state index contributed by atoms with van der Waals surface area (Å²) in [6.45, 7) is 4.64. The minimum Gasteiger partial charge on any atom is -0.356 e. The summed E-state index contributed by atoms with van der Waals surface area (Å²) in [6.07, 6.45) is 7.52. The monoisotopic (exact) mass is 266 g/mol. The number of rotatable bonds is 8. The van der Waals surface area contributed by atoms with Crippen LogP contribution in [0.2, 0.25) is 0 Å². The Kier molecular flexibility index (Phi) is 6.56. The number of amides is 1. The van der Waals surface area contributed by atoms with Gasteiger partial charge in [-0.25, -0.2) is 0 Å². The standard InChI is InChI=1S/C14H26N4O/c1-11(5-4-6-12(2)15)14(19)16-8-7-13-9-17-18(3)10-13/h9-12H,4-8,15H2,1-3H3,(H,16,19). The fourth-order valence-electron chi connectivity index (χ4n) is 1.98. The van der Waals surface area contributed by atoms with Crippen molar-refractivity contribution in [2.75, 3.05) is 6.54 Å². The fourth-order valence-corrected chi connectivity index (χ4v) is 1.98. The molecule has 0 aliphatic heterocycles. The van der Waals surface area contributed by atoms with Gasteiger partial charge in [0, 0.05) is 31.7 Å². The summed E-state index contributed by atoms with van der Waals surface area (Å²) < 4.78 is 1.77. The van der Waals surface area contributed by atoms with Gasteiger partial charge in [-0.2, -0.15) is 5.10 Å². The molecular weight excluding hydrogens is 240 g/mol. The van der Waals surface area contributed by atoms with Gasteiger partial charge in [0.25, 0.3) is 0 Å². The highest BCUT2D eigenvalue weighted by molar-refractivity contribution is 5.78. The quantitative estimate of drug-likeness (QED) is 0.743. The number of carbonyl (C=O) groups is 1. The number of carbonyl (C=O) groups excluding carboxylic acids is 1. The molecule has 108 valence electrons. The summed E-state index contributed by atoms with van der Waals surface area (Å²) in [6, 6.07) is 0.223. The van der Waals surface area contributed by atoms with E-state index in [4.69, 9.17) is 5.73 Å². The molecule has 1 aromatic rings. The molecule has 19 heavy (non-hydrogen) atoms. The van der Waals surface area contributed by atoms with E-state index in [1.54, 1.807) is 4.68 Å². The Labute approximate surface area is 115 Å². The lowest BCUT2D eigenvalue weighted by Gasteiger charge is -2.12. The molecule has 1 aromatic heterocycles. The van der Waals surface area contributed by atoms with Crippen LogP contribution in [-0.2, 0) is 18.3 Å². The lowest BCUT2D eigenvalue weighted by atomic mass is 10.0. The van der Waals surface area contributed by atoms with Crippen molar-refractivity contribution in [2.45, 2.75) is 45.6 Å². The molecule has 0 aromatic carbocycles. The summed E-state index contributed by atoms with van der Waals surface area (Å²) in [4.78, 5) is 11.9. The molecule has 1 amide bonds. The number of nitrogens with zero attached hydrogens (tertiary/aromatic N) is 2. The molecule has 1 rings (SSSR count). The molecule has 0 saturated carbocycles. The number of aryl methyl sites for hydroxylation is 1. The van der Waals surface area contributed by atoms with E-state index < -0.39 is 0 Å². The van der Waals surface area contributed by atoms with Gasteiger partial charge in [0.15, 0.2) is 0 Å². The van der Waals surface area contributed by atoms with Crippen LogP contribution in [0.5, 0.6) is 0 Å². The first-order valence-corrected chi connectivity index (χ1v) is 7.00. The Bertz CT molecular complexity index is 387. The van der Waals surface area contributed by atoms with E-state index in [2.05, 4.69) is 10.4 Å². The van der Waals surface area contributed by atoms with Gasteiger partial charge in [-0.1, -0.05) is 13.3 Å². The van der Waals surface area contributed by atoms with E-state index in [9.17, 15) is 4.79 Å². The minimum atomic E-state index is 0.0626. The fraction of sp³-hybridized carbons (Fsp3) is 0.714. The maximum Gasteiger partial charge on any atom is 0.222 e. The van der Waals surface area contributed by atoms with Crippen molar-refractivity contribution in [3.8, 4) is 0 Å². The number of aromatic nitrogens is 2. The summed E-state index contributed by atoms with van der Waals surface area (Å²) >= 11 is 0. The van der Waals surface area contributed by atoms with Gasteiger partial charge in [0.2, 0.25) is 5.91 Å². The summed E-state index contributed by atoms with van der Waals surface area (Å²) in [5.74, 6) is 0.196. The van der Waals surface area contributed by atoms with Crippen molar-refractivity contribution in [3.05, 3.63) is 18.0 Å². The van der Waals surface area contributed by atoms with Gasteiger partial charge in [-0.15, -0.1) is 0 Å². The van der Waals surface area contributed by atoms with Crippen LogP contribution in [0.15, 0.2) is 12.4 Å². The van der Waals surface area contributed by atoms with Crippen LogP contribution in [0.3, 0.4) is 0 Å². The second-order valence-corrected chi connectivity index (χ2v) is 5.37. The van der Waals surface area contributed by atoms with Crippen LogP contribution >= 0.6 is 0 Å². The van der Waals surface area contributed by atoms with Gasteiger partial charge >= 0.3 is 0 Å². The first kappa shape index (κ1) is 15.7. The van der Waals surface area contributed by atoms with E-state index in [1.807, 2.05) is 33.3 Å². The highest BCUT2D eigenvalue weighted by Crippen LogP contribution is 2.09.